The van der Waals surface area contributed by atoms with E-state index in [-0.39, 0.29) is 5.41 Å². The molecule has 1 heteroatoms. The normalized spacial score (nSPS) is 20.7. The summed E-state index contributed by atoms with van der Waals surface area (Å²) in [5, 5.41) is 0. The van der Waals surface area contributed by atoms with Gasteiger partial charge in [-0.2, -0.15) is 0 Å². The standard InChI is InChI=1S/C21H30O/c1-16(13-15-22)9-10-17(2)18(3)11-12-20-19(4)8-7-14-21(20,5)6/h9-13,15H,7-8,14H2,1-6H3/b10-9?,12-11+,16-13?,18-17?. The molecule has 0 unspecified atom stereocenters. The van der Waals surface area contributed by atoms with Crippen molar-refractivity contribution in [2.75, 3.05) is 0 Å². The van der Waals surface area contributed by atoms with Crippen LogP contribution in [0.2, 0.25) is 0 Å². The van der Waals surface area contributed by atoms with Crippen molar-refractivity contribution in [1.29, 1.82) is 0 Å². The predicted molar refractivity (Wildman–Crippen MR) is 96.8 cm³/mol. The van der Waals surface area contributed by atoms with Gasteiger partial charge in [-0.05, 0) is 80.7 Å². The van der Waals surface area contributed by atoms with Gasteiger partial charge in [0, 0.05) is 0 Å². The van der Waals surface area contributed by atoms with Gasteiger partial charge in [0.15, 0.2) is 0 Å². The van der Waals surface area contributed by atoms with E-state index in [0.29, 0.717) is 0 Å². The summed E-state index contributed by atoms with van der Waals surface area (Å²) in [6.07, 6.45) is 14.8. The minimum atomic E-state index is 0.284. The van der Waals surface area contributed by atoms with Crippen molar-refractivity contribution in [2.24, 2.45) is 5.41 Å². The van der Waals surface area contributed by atoms with Gasteiger partial charge in [0.05, 0.1) is 0 Å². The molecule has 0 atom stereocenters. The van der Waals surface area contributed by atoms with Crippen LogP contribution in [0, 0.1) is 5.41 Å². The van der Waals surface area contributed by atoms with Gasteiger partial charge in [-0.25, -0.2) is 0 Å². The molecule has 0 spiro atoms. The van der Waals surface area contributed by atoms with E-state index in [1.807, 2.05) is 13.0 Å². The molecule has 0 aromatic carbocycles. The van der Waals surface area contributed by atoms with E-state index >= 15 is 0 Å². The highest BCUT2D eigenvalue weighted by molar-refractivity contribution is 5.67. The number of allylic oxidation sites excluding steroid dienone is 10. The molecule has 1 aliphatic rings. The maximum absolute atomic E-state index is 10.4. The molecule has 0 aromatic heterocycles. The Balaban J connectivity index is 2.94. The van der Waals surface area contributed by atoms with Crippen LogP contribution in [0.3, 0.4) is 0 Å². The molecular formula is C21H30O. The second-order valence-electron chi connectivity index (χ2n) is 7.01. The summed E-state index contributed by atoms with van der Waals surface area (Å²) in [5.41, 5.74) is 6.76. The number of carbonyl (C=O) groups excluding carboxylic acids is 1. The third-order valence-corrected chi connectivity index (χ3v) is 4.59. The number of hydrogen-bond donors (Lipinski definition) is 0. The van der Waals surface area contributed by atoms with Crippen molar-refractivity contribution in [3.63, 3.8) is 0 Å². The highest BCUT2D eigenvalue weighted by atomic mass is 16.1. The lowest BCUT2D eigenvalue weighted by atomic mass is 9.72. The molecule has 0 aliphatic heterocycles. The Bertz CT molecular complexity index is 563. The molecule has 1 aliphatic carbocycles. The van der Waals surface area contributed by atoms with E-state index in [1.165, 1.54) is 41.6 Å². The van der Waals surface area contributed by atoms with E-state index in [0.717, 1.165) is 11.9 Å². The average molecular weight is 298 g/mol. The van der Waals surface area contributed by atoms with Gasteiger partial charge in [-0.3, -0.25) is 4.79 Å². The Hall–Kier alpha value is -1.63. The van der Waals surface area contributed by atoms with E-state index in [9.17, 15) is 4.79 Å². The second-order valence-corrected chi connectivity index (χ2v) is 7.01. The summed E-state index contributed by atoms with van der Waals surface area (Å²) in [5.74, 6) is 0. The van der Waals surface area contributed by atoms with Crippen molar-refractivity contribution in [2.45, 2.75) is 60.8 Å². The zero-order valence-corrected chi connectivity index (χ0v) is 15.0. The lowest BCUT2D eigenvalue weighted by molar-refractivity contribution is -0.104. The number of hydrogen-bond acceptors (Lipinski definition) is 1. The Labute approximate surface area is 136 Å². The predicted octanol–water partition coefficient (Wildman–Crippen LogP) is 6.11. The number of aldehydes is 1. The van der Waals surface area contributed by atoms with Crippen LogP contribution in [-0.2, 0) is 4.79 Å². The van der Waals surface area contributed by atoms with Crippen molar-refractivity contribution in [3.05, 3.63) is 58.2 Å². The first-order valence-electron chi connectivity index (χ1n) is 8.14. The van der Waals surface area contributed by atoms with Gasteiger partial charge in [-0.15, -0.1) is 0 Å². The van der Waals surface area contributed by atoms with Crippen molar-refractivity contribution in [3.8, 4) is 0 Å². The first-order chi connectivity index (χ1) is 10.3. The fourth-order valence-corrected chi connectivity index (χ4v) is 2.90. The second kappa shape index (κ2) is 8.12. The molecule has 0 fully saturated rings. The fourth-order valence-electron chi connectivity index (χ4n) is 2.90. The smallest absolute Gasteiger partial charge is 0.143 e. The number of carbonyl (C=O) groups is 1. The van der Waals surface area contributed by atoms with Crippen LogP contribution < -0.4 is 0 Å². The molecule has 22 heavy (non-hydrogen) atoms. The number of rotatable bonds is 5. The van der Waals surface area contributed by atoms with Gasteiger partial charge in [0.1, 0.15) is 6.29 Å². The van der Waals surface area contributed by atoms with E-state index in [4.69, 9.17) is 0 Å². The zero-order chi connectivity index (χ0) is 16.8. The molecule has 0 saturated heterocycles. The molecular weight excluding hydrogens is 268 g/mol. The van der Waals surface area contributed by atoms with Crippen LogP contribution in [0.15, 0.2) is 58.2 Å². The van der Waals surface area contributed by atoms with E-state index in [1.54, 1.807) is 6.08 Å². The molecule has 1 nitrogen and oxygen atoms in total. The maximum atomic E-state index is 10.4. The summed E-state index contributed by atoms with van der Waals surface area (Å²) < 4.78 is 0. The topological polar surface area (TPSA) is 17.1 Å². The Morgan fingerprint density at radius 3 is 2.27 bits per heavy atom. The molecule has 0 saturated carbocycles. The third-order valence-electron chi connectivity index (χ3n) is 4.59. The largest absolute Gasteiger partial charge is 0.299 e. The zero-order valence-electron chi connectivity index (χ0n) is 15.0. The fraction of sp³-hybridized carbons (Fsp3) is 0.476. The van der Waals surface area contributed by atoms with Crippen LogP contribution >= 0.6 is 0 Å². The van der Waals surface area contributed by atoms with Gasteiger partial charge < -0.3 is 0 Å². The molecule has 0 bridgehead atoms. The summed E-state index contributed by atoms with van der Waals surface area (Å²) >= 11 is 0. The monoisotopic (exact) mass is 298 g/mol. The van der Waals surface area contributed by atoms with E-state index < -0.39 is 0 Å². The van der Waals surface area contributed by atoms with Crippen LogP contribution in [0.25, 0.3) is 0 Å². The average Bonchev–Trinajstić information content (AvgIpc) is 2.43. The first kappa shape index (κ1) is 18.4. The van der Waals surface area contributed by atoms with Crippen LogP contribution in [0.1, 0.15) is 60.8 Å². The van der Waals surface area contributed by atoms with Crippen molar-refractivity contribution < 1.29 is 4.79 Å². The van der Waals surface area contributed by atoms with Crippen molar-refractivity contribution in [1.82, 2.24) is 0 Å². The van der Waals surface area contributed by atoms with Crippen molar-refractivity contribution >= 4 is 6.29 Å². The van der Waals surface area contributed by atoms with Crippen LogP contribution in [0.4, 0.5) is 0 Å². The molecule has 0 aromatic rings. The van der Waals surface area contributed by atoms with Gasteiger partial charge in [0.2, 0.25) is 0 Å². The third kappa shape index (κ3) is 5.29. The molecule has 0 amide bonds. The Morgan fingerprint density at radius 1 is 1.05 bits per heavy atom. The van der Waals surface area contributed by atoms with Gasteiger partial charge in [-0.1, -0.05) is 43.7 Å². The minimum absolute atomic E-state index is 0.284. The molecule has 120 valence electrons. The highest BCUT2D eigenvalue weighted by Crippen LogP contribution is 2.40. The molecule has 0 radical (unpaired) electrons. The quantitative estimate of drug-likeness (QED) is 0.340. The molecule has 1 rings (SSSR count). The summed E-state index contributed by atoms with van der Waals surface area (Å²) in [4.78, 5) is 10.4. The lowest BCUT2D eigenvalue weighted by Gasteiger charge is -2.33. The first-order valence-corrected chi connectivity index (χ1v) is 8.14. The summed E-state index contributed by atoms with van der Waals surface area (Å²) in [7, 11) is 0. The van der Waals surface area contributed by atoms with Crippen LogP contribution in [-0.4, -0.2) is 6.29 Å². The highest BCUT2D eigenvalue weighted by Gasteiger charge is 2.26. The summed E-state index contributed by atoms with van der Waals surface area (Å²) in [6.45, 7) is 13.1. The SMILES string of the molecule is CC(C=CC(C)=C(C)/C=C/C1=C(C)CCCC1(C)C)=CC=O. The lowest BCUT2D eigenvalue weighted by Crippen LogP contribution is -2.19. The molecule has 0 N–H and O–H groups in total. The Morgan fingerprint density at radius 2 is 1.68 bits per heavy atom. The molecule has 0 heterocycles. The van der Waals surface area contributed by atoms with E-state index in [2.05, 4.69) is 52.8 Å². The minimum Gasteiger partial charge on any atom is -0.299 e. The Kier molecular flexibility index (Phi) is 6.80. The van der Waals surface area contributed by atoms with Gasteiger partial charge >= 0.3 is 0 Å². The van der Waals surface area contributed by atoms with Crippen LogP contribution in [0.5, 0.6) is 0 Å². The maximum Gasteiger partial charge on any atom is 0.143 e. The van der Waals surface area contributed by atoms with Gasteiger partial charge in [0.25, 0.3) is 0 Å². The summed E-state index contributed by atoms with van der Waals surface area (Å²) in [6, 6.07) is 0.